The van der Waals surface area contributed by atoms with E-state index in [2.05, 4.69) is 20.6 Å². The van der Waals surface area contributed by atoms with Crippen molar-refractivity contribution in [2.45, 2.75) is 44.3 Å². The molecule has 1 amide bonds. The second-order valence-corrected chi connectivity index (χ2v) is 9.03. The monoisotopic (exact) mass is 495 g/mol. The van der Waals surface area contributed by atoms with Crippen LogP contribution < -0.4 is 21.1 Å². The van der Waals surface area contributed by atoms with E-state index < -0.39 is 12.0 Å². The zero-order valence-electron chi connectivity index (χ0n) is 19.6. The van der Waals surface area contributed by atoms with Gasteiger partial charge in [-0.3, -0.25) is 4.79 Å². The molecule has 6 bridgehead atoms. The van der Waals surface area contributed by atoms with Crippen LogP contribution in [0.15, 0.2) is 48.7 Å². The number of nitrogens with zero attached hydrogens (tertiary/aromatic N) is 2. The van der Waals surface area contributed by atoms with Gasteiger partial charge in [0.1, 0.15) is 11.9 Å². The number of carbonyl (C=O) groups excluding carboxylic acids is 1. The van der Waals surface area contributed by atoms with Crippen molar-refractivity contribution in [2.75, 3.05) is 24.2 Å². The molecule has 3 aromatic rings. The van der Waals surface area contributed by atoms with E-state index in [9.17, 15) is 13.6 Å². The fourth-order valence-corrected chi connectivity index (χ4v) is 4.20. The number of amides is 1. The number of anilines is 3. The van der Waals surface area contributed by atoms with Gasteiger partial charge in [-0.15, -0.1) is 0 Å². The smallest absolute Gasteiger partial charge is 0.255 e. The number of fused-ring (bicyclic) bond motifs is 9. The lowest BCUT2D eigenvalue weighted by atomic mass is 9.91. The summed E-state index contributed by atoms with van der Waals surface area (Å²) in [6, 6.07) is 12.2. The molecule has 0 atom stereocenters. The van der Waals surface area contributed by atoms with Gasteiger partial charge in [-0.2, -0.15) is 0 Å². The molecular formula is C26H27F2N5O3. The maximum absolute atomic E-state index is 13.3. The van der Waals surface area contributed by atoms with Crippen molar-refractivity contribution in [1.82, 2.24) is 15.3 Å². The molecule has 1 aromatic heterocycles. The zero-order valence-corrected chi connectivity index (χ0v) is 19.6. The Hall–Kier alpha value is -3.79. The van der Waals surface area contributed by atoms with Gasteiger partial charge < -0.3 is 25.8 Å². The summed E-state index contributed by atoms with van der Waals surface area (Å²) in [5, 5.41) is 6.07. The molecule has 188 valence electrons. The summed E-state index contributed by atoms with van der Waals surface area (Å²) in [5.74, 6) is -1.99. The van der Waals surface area contributed by atoms with Gasteiger partial charge in [0.2, 0.25) is 5.95 Å². The fourth-order valence-electron chi connectivity index (χ4n) is 4.20. The van der Waals surface area contributed by atoms with Crippen LogP contribution in [0.5, 0.6) is 5.75 Å². The van der Waals surface area contributed by atoms with E-state index in [4.69, 9.17) is 15.2 Å². The molecule has 1 aliphatic carbocycles. The van der Waals surface area contributed by atoms with Gasteiger partial charge in [0.25, 0.3) is 11.8 Å². The number of nitrogen functional groups attached to an aromatic ring is 1. The van der Waals surface area contributed by atoms with Crippen molar-refractivity contribution in [1.29, 1.82) is 0 Å². The van der Waals surface area contributed by atoms with Crippen LogP contribution in [0.4, 0.5) is 26.1 Å². The van der Waals surface area contributed by atoms with Crippen LogP contribution in [0, 0.1) is 0 Å². The molecule has 4 N–H and O–H groups in total. The number of benzene rings is 2. The average molecular weight is 496 g/mol. The van der Waals surface area contributed by atoms with Gasteiger partial charge in [0.05, 0.1) is 12.3 Å². The number of hydrogen-bond acceptors (Lipinski definition) is 7. The number of rotatable bonds is 2. The van der Waals surface area contributed by atoms with Crippen molar-refractivity contribution in [3.63, 3.8) is 0 Å². The minimum atomic E-state index is -2.66. The Morgan fingerprint density at radius 1 is 1.11 bits per heavy atom. The first-order chi connectivity index (χ1) is 17.4. The van der Waals surface area contributed by atoms with E-state index in [1.54, 1.807) is 42.6 Å². The predicted molar refractivity (Wildman–Crippen MR) is 131 cm³/mol. The Bertz CT molecular complexity index is 1260. The minimum absolute atomic E-state index is 0.198. The molecule has 6 rings (SSSR count). The first-order valence-corrected chi connectivity index (χ1v) is 11.9. The second-order valence-electron chi connectivity index (χ2n) is 9.03. The van der Waals surface area contributed by atoms with Gasteiger partial charge in [0.15, 0.2) is 0 Å². The first kappa shape index (κ1) is 23.9. The Morgan fingerprint density at radius 2 is 1.97 bits per heavy atom. The highest BCUT2D eigenvalue weighted by Crippen LogP contribution is 2.40. The molecule has 0 radical (unpaired) electrons. The quantitative estimate of drug-likeness (QED) is 0.443. The summed E-state index contributed by atoms with van der Waals surface area (Å²) in [4.78, 5) is 21.4. The van der Waals surface area contributed by atoms with E-state index in [-0.39, 0.29) is 25.4 Å². The fraction of sp³-hybridized carbons (Fsp3) is 0.346. The third-order valence-corrected chi connectivity index (χ3v) is 6.17. The summed E-state index contributed by atoms with van der Waals surface area (Å²) < 4.78 is 38.3. The number of nitrogens with two attached hydrogens (primary N) is 1. The Balaban J connectivity index is 1.43. The topological polar surface area (TPSA) is 111 Å². The number of ether oxygens (including phenoxy) is 2. The van der Waals surface area contributed by atoms with Gasteiger partial charge in [-0.25, -0.2) is 18.7 Å². The lowest BCUT2D eigenvalue weighted by Gasteiger charge is -2.35. The highest BCUT2D eigenvalue weighted by molar-refractivity contribution is 5.96. The SMILES string of the molecule is Nc1cc2ccc1-c1ccnc(n1)Nc1ccc(OC3CC(F)(F)C3)c(c1)COCCCCNC2=O. The molecule has 1 saturated carbocycles. The van der Waals surface area contributed by atoms with E-state index in [1.165, 1.54) is 0 Å². The summed E-state index contributed by atoms with van der Waals surface area (Å²) in [6.07, 6.45) is 2.00. The molecule has 10 heteroatoms. The number of halogens is 2. The molecule has 2 aromatic carbocycles. The van der Waals surface area contributed by atoms with Crippen LogP contribution >= 0.6 is 0 Å². The Labute approximate surface area is 207 Å². The summed E-state index contributed by atoms with van der Waals surface area (Å²) in [5.41, 5.74) is 9.88. The molecule has 2 aliphatic heterocycles. The lowest BCUT2D eigenvalue weighted by Crippen LogP contribution is -2.43. The average Bonchev–Trinajstić information content (AvgIpc) is 2.83. The zero-order chi connectivity index (χ0) is 25.1. The first-order valence-electron chi connectivity index (χ1n) is 11.9. The Kier molecular flexibility index (Phi) is 6.69. The highest BCUT2D eigenvalue weighted by Gasteiger charge is 2.47. The molecule has 3 heterocycles. The second kappa shape index (κ2) is 10.1. The molecule has 0 spiro atoms. The molecular weight excluding hydrogens is 468 g/mol. The lowest BCUT2D eigenvalue weighted by molar-refractivity contribution is -0.134. The van der Waals surface area contributed by atoms with Crippen molar-refractivity contribution in [2.24, 2.45) is 0 Å². The summed E-state index contributed by atoms with van der Waals surface area (Å²) in [7, 11) is 0. The molecule has 36 heavy (non-hydrogen) atoms. The van der Waals surface area contributed by atoms with E-state index in [0.717, 1.165) is 18.4 Å². The summed E-state index contributed by atoms with van der Waals surface area (Å²) >= 11 is 0. The van der Waals surface area contributed by atoms with Gasteiger partial charge in [-0.05, 0) is 55.3 Å². The molecule has 0 unspecified atom stereocenters. The van der Waals surface area contributed by atoms with Crippen molar-refractivity contribution >= 4 is 23.2 Å². The van der Waals surface area contributed by atoms with E-state index >= 15 is 0 Å². The largest absolute Gasteiger partial charge is 0.490 e. The number of nitrogens with one attached hydrogen (secondary N) is 2. The van der Waals surface area contributed by atoms with Crippen molar-refractivity contribution in [3.8, 4) is 17.0 Å². The number of alkyl halides is 2. The highest BCUT2D eigenvalue weighted by atomic mass is 19.3. The number of carbonyl (C=O) groups is 1. The molecule has 3 aliphatic rings. The minimum Gasteiger partial charge on any atom is -0.490 e. The van der Waals surface area contributed by atoms with Gasteiger partial charge in [-0.1, -0.05) is 0 Å². The van der Waals surface area contributed by atoms with Crippen LogP contribution in [0.3, 0.4) is 0 Å². The maximum atomic E-state index is 13.3. The number of aromatic nitrogens is 2. The number of hydrogen-bond donors (Lipinski definition) is 3. The van der Waals surface area contributed by atoms with Crippen LogP contribution in [0.2, 0.25) is 0 Å². The van der Waals surface area contributed by atoms with Gasteiger partial charge >= 0.3 is 0 Å². The van der Waals surface area contributed by atoms with Crippen LogP contribution in [0.25, 0.3) is 11.3 Å². The maximum Gasteiger partial charge on any atom is 0.255 e. The van der Waals surface area contributed by atoms with Crippen LogP contribution in [0.1, 0.15) is 41.6 Å². The molecule has 8 nitrogen and oxygen atoms in total. The third-order valence-electron chi connectivity index (χ3n) is 6.17. The Morgan fingerprint density at radius 3 is 2.78 bits per heavy atom. The van der Waals surface area contributed by atoms with Crippen molar-refractivity contribution in [3.05, 3.63) is 59.8 Å². The van der Waals surface area contributed by atoms with Crippen LogP contribution in [-0.2, 0) is 11.3 Å². The van der Waals surface area contributed by atoms with E-state index in [1.807, 2.05) is 6.07 Å². The third kappa shape index (κ3) is 5.54. The van der Waals surface area contributed by atoms with Crippen LogP contribution in [-0.4, -0.2) is 41.1 Å². The van der Waals surface area contributed by atoms with Crippen molar-refractivity contribution < 1.29 is 23.0 Å². The standard InChI is InChI=1S/C26H27F2N5O3/c27-26(28)13-19(14-26)36-23-6-4-18-11-17(23)15-35-10-2-1-8-30-24(34)16-3-5-20(21(29)12-16)22-7-9-31-25(32-18)33-22/h3-7,9,11-12,19H,1-2,8,10,13-15,29H2,(H,30,34)(H,31,32,33). The van der Waals surface area contributed by atoms with Gasteiger partial charge in [0, 0.05) is 60.3 Å². The normalized spacial score (nSPS) is 18.1. The van der Waals surface area contributed by atoms with E-state index in [0.29, 0.717) is 53.0 Å². The summed E-state index contributed by atoms with van der Waals surface area (Å²) in [6.45, 7) is 1.23. The predicted octanol–water partition coefficient (Wildman–Crippen LogP) is 4.69. The molecule has 1 fully saturated rings. The molecule has 0 saturated heterocycles.